The van der Waals surface area contributed by atoms with Gasteiger partial charge < -0.3 is 24.3 Å². The molecule has 1 aromatic heterocycles. The lowest BCUT2D eigenvalue weighted by atomic mass is 10.2. The van der Waals surface area contributed by atoms with Crippen LogP contribution in [-0.2, 0) is 13.1 Å². The van der Waals surface area contributed by atoms with Gasteiger partial charge in [0.1, 0.15) is 6.61 Å². The Morgan fingerprint density at radius 2 is 1.87 bits per heavy atom. The predicted octanol–water partition coefficient (Wildman–Crippen LogP) is 3.13. The van der Waals surface area contributed by atoms with E-state index in [0.717, 1.165) is 11.1 Å². The third-order valence-electron chi connectivity index (χ3n) is 5.49. The molecule has 6 nitrogen and oxygen atoms in total. The van der Waals surface area contributed by atoms with Crippen LogP contribution in [0.3, 0.4) is 0 Å². The predicted molar refractivity (Wildman–Crippen MR) is 119 cm³/mol. The summed E-state index contributed by atoms with van der Waals surface area (Å²) in [6.07, 6.45) is -0.488. The molecule has 0 fully saturated rings. The molecule has 30 heavy (non-hydrogen) atoms. The zero-order valence-corrected chi connectivity index (χ0v) is 18.3. The van der Waals surface area contributed by atoms with Gasteiger partial charge in [-0.1, -0.05) is 24.3 Å². The van der Waals surface area contributed by atoms with Crippen LogP contribution in [0.5, 0.6) is 11.5 Å². The van der Waals surface area contributed by atoms with Crippen molar-refractivity contribution in [2.24, 2.45) is 0 Å². The van der Waals surface area contributed by atoms with Gasteiger partial charge in [0.25, 0.3) is 0 Å². The van der Waals surface area contributed by atoms with Crippen molar-refractivity contribution in [3.05, 3.63) is 59.3 Å². The van der Waals surface area contributed by atoms with Gasteiger partial charge in [-0.15, -0.1) is 0 Å². The number of para-hydroxylation sites is 1. The standard InChI is InChI=1S/C24H32N2O4/c1-17-18(2)26(22-8-6-5-7-21(17)22)16-20(28)15-25(3)14-19-9-10-23(30-12-11-27)24(13-19)29-4/h5-10,13,20,27-28H,11-12,14-16H2,1-4H3/t20-/m0/s1. The Balaban J connectivity index is 1.64. The van der Waals surface area contributed by atoms with Crippen molar-refractivity contribution in [3.8, 4) is 11.5 Å². The van der Waals surface area contributed by atoms with Crippen LogP contribution in [0.15, 0.2) is 42.5 Å². The number of hydrogen-bond donors (Lipinski definition) is 2. The fourth-order valence-electron chi connectivity index (χ4n) is 3.93. The molecule has 0 radical (unpaired) electrons. The lowest BCUT2D eigenvalue weighted by Gasteiger charge is -2.22. The molecular weight excluding hydrogens is 380 g/mol. The molecule has 1 atom stereocenters. The van der Waals surface area contributed by atoms with Crippen molar-refractivity contribution in [2.45, 2.75) is 33.0 Å². The molecule has 0 aliphatic carbocycles. The van der Waals surface area contributed by atoms with Crippen LogP contribution >= 0.6 is 0 Å². The first-order valence-electron chi connectivity index (χ1n) is 10.3. The first-order valence-corrected chi connectivity index (χ1v) is 10.3. The van der Waals surface area contributed by atoms with Gasteiger partial charge >= 0.3 is 0 Å². The number of likely N-dealkylation sites (N-methyl/N-ethyl adjacent to an activating group) is 1. The van der Waals surface area contributed by atoms with Gasteiger partial charge in [-0.3, -0.25) is 4.90 Å². The summed E-state index contributed by atoms with van der Waals surface area (Å²) in [4.78, 5) is 2.10. The zero-order valence-electron chi connectivity index (χ0n) is 18.3. The van der Waals surface area contributed by atoms with Gasteiger partial charge in [0.2, 0.25) is 0 Å². The van der Waals surface area contributed by atoms with Gasteiger partial charge in [-0.2, -0.15) is 0 Å². The summed E-state index contributed by atoms with van der Waals surface area (Å²) in [7, 11) is 3.60. The highest BCUT2D eigenvalue weighted by molar-refractivity contribution is 5.85. The van der Waals surface area contributed by atoms with Crippen LogP contribution in [0.2, 0.25) is 0 Å². The number of nitrogens with zero attached hydrogens (tertiary/aromatic N) is 2. The Morgan fingerprint density at radius 1 is 1.10 bits per heavy atom. The van der Waals surface area contributed by atoms with E-state index < -0.39 is 6.10 Å². The van der Waals surface area contributed by atoms with Crippen molar-refractivity contribution in [1.82, 2.24) is 9.47 Å². The van der Waals surface area contributed by atoms with Crippen molar-refractivity contribution >= 4 is 10.9 Å². The minimum Gasteiger partial charge on any atom is -0.493 e. The summed E-state index contributed by atoms with van der Waals surface area (Å²) < 4.78 is 13.1. The SMILES string of the molecule is COc1cc(CN(C)C[C@H](O)Cn2c(C)c(C)c3ccccc32)ccc1OCCO. The molecular formula is C24H32N2O4. The van der Waals surface area contributed by atoms with Crippen LogP contribution in [0.1, 0.15) is 16.8 Å². The number of aliphatic hydroxyl groups excluding tert-OH is 2. The summed E-state index contributed by atoms with van der Waals surface area (Å²) in [5.74, 6) is 1.25. The first kappa shape index (κ1) is 22.2. The van der Waals surface area contributed by atoms with Gasteiger partial charge in [0, 0.05) is 29.7 Å². The minimum atomic E-state index is -0.488. The quantitative estimate of drug-likeness (QED) is 0.536. The van der Waals surface area contributed by atoms with Gasteiger partial charge in [0.05, 0.1) is 26.4 Å². The highest BCUT2D eigenvalue weighted by Crippen LogP contribution is 2.29. The first-order chi connectivity index (χ1) is 14.4. The van der Waals surface area contributed by atoms with E-state index in [1.54, 1.807) is 7.11 Å². The molecule has 3 rings (SSSR count). The summed E-state index contributed by atoms with van der Waals surface area (Å²) in [5.41, 5.74) is 4.69. The molecule has 0 aliphatic heterocycles. The fraction of sp³-hybridized carbons (Fsp3) is 0.417. The monoisotopic (exact) mass is 412 g/mol. The average molecular weight is 413 g/mol. The van der Waals surface area contributed by atoms with E-state index in [2.05, 4.69) is 41.5 Å². The number of rotatable bonds is 10. The van der Waals surface area contributed by atoms with E-state index in [0.29, 0.717) is 31.1 Å². The van der Waals surface area contributed by atoms with Crippen molar-refractivity contribution in [3.63, 3.8) is 0 Å². The van der Waals surface area contributed by atoms with Gasteiger partial charge in [-0.05, 0) is 50.2 Å². The van der Waals surface area contributed by atoms with E-state index in [-0.39, 0.29) is 13.2 Å². The maximum absolute atomic E-state index is 10.8. The van der Waals surface area contributed by atoms with Crippen molar-refractivity contribution in [2.75, 3.05) is 33.9 Å². The molecule has 3 aromatic rings. The normalized spacial score (nSPS) is 12.5. The van der Waals surface area contributed by atoms with Crippen LogP contribution in [0.25, 0.3) is 10.9 Å². The number of aliphatic hydroxyl groups is 2. The largest absolute Gasteiger partial charge is 0.493 e. The van der Waals surface area contributed by atoms with Gasteiger partial charge in [0.15, 0.2) is 11.5 Å². The highest BCUT2D eigenvalue weighted by Gasteiger charge is 2.16. The maximum Gasteiger partial charge on any atom is 0.161 e. The average Bonchev–Trinajstić information content (AvgIpc) is 2.97. The molecule has 162 valence electrons. The Morgan fingerprint density at radius 3 is 2.60 bits per heavy atom. The van der Waals surface area contributed by atoms with Crippen LogP contribution < -0.4 is 9.47 Å². The Hall–Kier alpha value is -2.54. The van der Waals surface area contributed by atoms with E-state index in [4.69, 9.17) is 14.6 Å². The number of aryl methyl sites for hydroxylation is 1. The number of methoxy groups -OCH3 is 1. The van der Waals surface area contributed by atoms with Gasteiger partial charge in [-0.25, -0.2) is 0 Å². The zero-order chi connectivity index (χ0) is 21.7. The fourth-order valence-corrected chi connectivity index (χ4v) is 3.93. The molecule has 0 unspecified atom stereocenters. The minimum absolute atomic E-state index is 0.0405. The molecule has 0 saturated carbocycles. The molecule has 2 N–H and O–H groups in total. The summed E-state index contributed by atoms with van der Waals surface area (Å²) >= 11 is 0. The molecule has 2 aromatic carbocycles. The smallest absolute Gasteiger partial charge is 0.161 e. The molecule has 0 spiro atoms. The number of benzene rings is 2. The molecule has 0 bridgehead atoms. The molecule has 0 amide bonds. The van der Waals surface area contributed by atoms with Crippen molar-refractivity contribution in [1.29, 1.82) is 0 Å². The third-order valence-corrected chi connectivity index (χ3v) is 5.49. The van der Waals surface area contributed by atoms with Crippen LogP contribution in [0.4, 0.5) is 0 Å². The highest BCUT2D eigenvalue weighted by atomic mass is 16.5. The van der Waals surface area contributed by atoms with Crippen molar-refractivity contribution < 1.29 is 19.7 Å². The number of aromatic nitrogens is 1. The molecule has 0 aliphatic rings. The second-order valence-corrected chi connectivity index (χ2v) is 7.75. The van der Waals surface area contributed by atoms with Crippen LogP contribution in [-0.4, -0.2) is 59.7 Å². The lowest BCUT2D eigenvalue weighted by molar-refractivity contribution is 0.108. The van der Waals surface area contributed by atoms with Crippen LogP contribution in [0, 0.1) is 13.8 Å². The Kier molecular flexibility index (Phi) is 7.37. The Bertz CT molecular complexity index is 983. The molecule has 0 saturated heterocycles. The second-order valence-electron chi connectivity index (χ2n) is 7.75. The maximum atomic E-state index is 10.8. The molecule has 6 heteroatoms. The Labute approximate surface area is 178 Å². The summed E-state index contributed by atoms with van der Waals surface area (Å²) in [6, 6.07) is 14.1. The summed E-state index contributed by atoms with van der Waals surface area (Å²) in [5, 5.41) is 20.9. The number of fused-ring (bicyclic) bond motifs is 1. The lowest BCUT2D eigenvalue weighted by Crippen LogP contribution is -2.32. The summed E-state index contributed by atoms with van der Waals surface area (Å²) in [6.45, 7) is 6.22. The topological polar surface area (TPSA) is 67.1 Å². The van der Waals surface area contributed by atoms with E-state index in [1.807, 2.05) is 31.3 Å². The second kappa shape index (κ2) is 9.98. The van der Waals surface area contributed by atoms with E-state index >= 15 is 0 Å². The molecule has 1 heterocycles. The number of ether oxygens (including phenoxy) is 2. The number of hydrogen-bond acceptors (Lipinski definition) is 5. The van der Waals surface area contributed by atoms with E-state index in [9.17, 15) is 5.11 Å². The van der Waals surface area contributed by atoms with E-state index in [1.165, 1.54) is 16.6 Å². The third kappa shape index (κ3) is 4.95.